The van der Waals surface area contributed by atoms with Gasteiger partial charge in [-0.25, -0.2) is 0 Å². The van der Waals surface area contributed by atoms with Crippen molar-refractivity contribution in [2.75, 3.05) is 0 Å². The standard InChI is InChI=1S/C11H8O.C3H6/c12-8-9-5-6-10-3-1-2-4-11(10)7-9;1-3-2/h1-8H;3H,1H2,2H3. The smallest absolute Gasteiger partial charge is 0.150 e. The highest BCUT2D eigenvalue weighted by atomic mass is 16.1. The van der Waals surface area contributed by atoms with Crippen LogP contribution in [0.4, 0.5) is 0 Å². The average molecular weight is 198 g/mol. The Hall–Kier alpha value is -1.89. The number of allylic oxidation sites excluding steroid dienone is 1. The third-order valence-corrected chi connectivity index (χ3v) is 1.91. The van der Waals surface area contributed by atoms with Gasteiger partial charge in [-0.1, -0.05) is 42.5 Å². The minimum absolute atomic E-state index is 0.730. The summed E-state index contributed by atoms with van der Waals surface area (Å²) in [7, 11) is 0. The van der Waals surface area contributed by atoms with Gasteiger partial charge in [0, 0.05) is 5.56 Å². The first kappa shape index (κ1) is 11.2. The number of hydrogen-bond donors (Lipinski definition) is 0. The Labute approximate surface area is 90.1 Å². The molecule has 0 amide bonds. The average Bonchev–Trinajstić information content (AvgIpc) is 2.29. The Kier molecular flexibility index (Phi) is 4.30. The molecule has 0 aliphatic carbocycles. The molecule has 0 spiro atoms. The van der Waals surface area contributed by atoms with Crippen LogP contribution in [0.2, 0.25) is 0 Å². The van der Waals surface area contributed by atoms with E-state index in [1.165, 1.54) is 5.39 Å². The zero-order valence-corrected chi connectivity index (χ0v) is 8.81. The van der Waals surface area contributed by atoms with E-state index in [9.17, 15) is 4.79 Å². The highest BCUT2D eigenvalue weighted by Gasteiger charge is 1.92. The van der Waals surface area contributed by atoms with E-state index in [4.69, 9.17) is 0 Å². The normalized spacial score (nSPS) is 8.87. The van der Waals surface area contributed by atoms with Crippen LogP contribution in [-0.2, 0) is 0 Å². The molecular weight excluding hydrogens is 184 g/mol. The first-order valence-electron chi connectivity index (χ1n) is 4.83. The summed E-state index contributed by atoms with van der Waals surface area (Å²) in [6.07, 6.45) is 2.62. The van der Waals surface area contributed by atoms with Crippen molar-refractivity contribution in [2.24, 2.45) is 0 Å². The number of carbonyl (C=O) groups excluding carboxylic acids is 1. The molecule has 2 aromatic carbocycles. The van der Waals surface area contributed by atoms with Crippen LogP contribution in [0.5, 0.6) is 0 Å². The lowest BCUT2D eigenvalue weighted by atomic mass is 10.1. The molecule has 0 bridgehead atoms. The van der Waals surface area contributed by atoms with Crippen LogP contribution >= 0.6 is 0 Å². The molecule has 0 aliphatic heterocycles. The number of aldehydes is 1. The van der Waals surface area contributed by atoms with Gasteiger partial charge in [0.25, 0.3) is 0 Å². The maximum Gasteiger partial charge on any atom is 0.150 e. The van der Waals surface area contributed by atoms with Gasteiger partial charge in [0.1, 0.15) is 6.29 Å². The Bertz CT molecular complexity index is 458. The zero-order chi connectivity index (χ0) is 11.1. The van der Waals surface area contributed by atoms with Gasteiger partial charge in [-0.2, -0.15) is 0 Å². The fraction of sp³-hybridized carbons (Fsp3) is 0.0714. The molecule has 76 valence electrons. The molecule has 2 aromatic rings. The summed E-state index contributed by atoms with van der Waals surface area (Å²) in [5.41, 5.74) is 0.730. The molecule has 0 aromatic heterocycles. The molecule has 0 N–H and O–H groups in total. The lowest BCUT2D eigenvalue weighted by Crippen LogP contribution is -1.78. The monoisotopic (exact) mass is 198 g/mol. The molecule has 1 heteroatoms. The zero-order valence-electron chi connectivity index (χ0n) is 8.81. The van der Waals surface area contributed by atoms with Gasteiger partial charge in [-0.05, 0) is 23.8 Å². The minimum Gasteiger partial charge on any atom is -0.298 e. The largest absolute Gasteiger partial charge is 0.298 e. The van der Waals surface area contributed by atoms with Gasteiger partial charge in [0.2, 0.25) is 0 Å². The lowest BCUT2D eigenvalue weighted by Gasteiger charge is -1.96. The molecule has 15 heavy (non-hydrogen) atoms. The molecule has 0 atom stereocenters. The maximum absolute atomic E-state index is 10.5. The second-order valence-electron chi connectivity index (χ2n) is 3.13. The number of fused-ring (bicyclic) bond motifs is 1. The predicted molar refractivity (Wildman–Crippen MR) is 65.2 cm³/mol. The first-order valence-corrected chi connectivity index (χ1v) is 4.83. The lowest BCUT2D eigenvalue weighted by molar-refractivity contribution is 0.112. The second kappa shape index (κ2) is 5.76. The van der Waals surface area contributed by atoms with Crippen molar-refractivity contribution in [2.45, 2.75) is 6.92 Å². The molecule has 0 unspecified atom stereocenters. The van der Waals surface area contributed by atoms with E-state index in [0.29, 0.717) is 0 Å². The van der Waals surface area contributed by atoms with Crippen molar-refractivity contribution in [1.29, 1.82) is 0 Å². The van der Waals surface area contributed by atoms with E-state index in [2.05, 4.69) is 6.58 Å². The third kappa shape index (κ3) is 3.06. The fourth-order valence-electron chi connectivity index (χ4n) is 1.28. The summed E-state index contributed by atoms with van der Waals surface area (Å²) in [4.78, 5) is 10.5. The highest BCUT2D eigenvalue weighted by Crippen LogP contribution is 2.14. The minimum atomic E-state index is 0.730. The van der Waals surface area contributed by atoms with Gasteiger partial charge in [-0.15, -0.1) is 6.58 Å². The molecule has 1 nitrogen and oxygen atoms in total. The molecular formula is C14H14O. The van der Waals surface area contributed by atoms with Crippen LogP contribution in [-0.4, -0.2) is 6.29 Å². The van der Waals surface area contributed by atoms with Crippen LogP contribution in [0, 0.1) is 0 Å². The van der Waals surface area contributed by atoms with Gasteiger partial charge in [0.05, 0.1) is 0 Å². The van der Waals surface area contributed by atoms with Crippen molar-refractivity contribution in [1.82, 2.24) is 0 Å². The molecule has 0 radical (unpaired) electrons. The van der Waals surface area contributed by atoms with Crippen LogP contribution in [0.15, 0.2) is 55.1 Å². The van der Waals surface area contributed by atoms with Crippen LogP contribution < -0.4 is 0 Å². The van der Waals surface area contributed by atoms with Crippen molar-refractivity contribution in [3.63, 3.8) is 0 Å². The number of hydrogen-bond acceptors (Lipinski definition) is 1. The third-order valence-electron chi connectivity index (χ3n) is 1.91. The summed E-state index contributed by atoms with van der Waals surface area (Å²) in [6.45, 7) is 5.25. The molecule has 0 aliphatic rings. The Morgan fingerprint density at radius 3 is 2.27 bits per heavy atom. The van der Waals surface area contributed by atoms with Crippen molar-refractivity contribution in [3.05, 3.63) is 60.7 Å². The van der Waals surface area contributed by atoms with E-state index >= 15 is 0 Å². The Morgan fingerprint density at radius 1 is 1.07 bits per heavy atom. The Morgan fingerprint density at radius 2 is 1.67 bits per heavy atom. The quantitative estimate of drug-likeness (QED) is 0.502. The van der Waals surface area contributed by atoms with Crippen molar-refractivity contribution >= 4 is 17.1 Å². The fourth-order valence-corrected chi connectivity index (χ4v) is 1.28. The van der Waals surface area contributed by atoms with E-state index in [0.717, 1.165) is 17.2 Å². The molecule has 0 heterocycles. The Balaban J connectivity index is 0.000000337. The topological polar surface area (TPSA) is 17.1 Å². The van der Waals surface area contributed by atoms with Crippen molar-refractivity contribution in [3.8, 4) is 0 Å². The SMILES string of the molecule is C=CC.O=Cc1ccc2ccccc2c1. The molecule has 0 fully saturated rings. The molecule has 0 saturated carbocycles. The molecule has 0 saturated heterocycles. The van der Waals surface area contributed by atoms with Gasteiger partial charge >= 0.3 is 0 Å². The van der Waals surface area contributed by atoms with E-state index in [1.807, 2.05) is 49.4 Å². The predicted octanol–water partition coefficient (Wildman–Crippen LogP) is 3.84. The van der Waals surface area contributed by atoms with Crippen LogP contribution in [0.3, 0.4) is 0 Å². The summed E-state index contributed by atoms with van der Waals surface area (Å²) >= 11 is 0. The summed E-state index contributed by atoms with van der Waals surface area (Å²) in [6, 6.07) is 13.7. The number of carbonyl (C=O) groups is 1. The second-order valence-corrected chi connectivity index (χ2v) is 3.13. The summed E-state index contributed by atoms with van der Waals surface area (Å²) in [5, 5.41) is 2.28. The summed E-state index contributed by atoms with van der Waals surface area (Å²) in [5.74, 6) is 0. The van der Waals surface area contributed by atoms with E-state index < -0.39 is 0 Å². The van der Waals surface area contributed by atoms with Crippen molar-refractivity contribution < 1.29 is 4.79 Å². The van der Waals surface area contributed by atoms with Gasteiger partial charge in [0.15, 0.2) is 0 Å². The van der Waals surface area contributed by atoms with Gasteiger partial charge < -0.3 is 0 Å². The van der Waals surface area contributed by atoms with Crippen LogP contribution in [0.1, 0.15) is 17.3 Å². The number of benzene rings is 2. The van der Waals surface area contributed by atoms with E-state index in [-0.39, 0.29) is 0 Å². The first-order chi connectivity index (χ1) is 7.31. The van der Waals surface area contributed by atoms with Crippen LogP contribution in [0.25, 0.3) is 10.8 Å². The van der Waals surface area contributed by atoms with Gasteiger partial charge in [-0.3, -0.25) is 4.79 Å². The number of rotatable bonds is 1. The highest BCUT2D eigenvalue weighted by molar-refractivity contribution is 5.88. The summed E-state index contributed by atoms with van der Waals surface area (Å²) < 4.78 is 0. The molecule has 2 rings (SSSR count). The van der Waals surface area contributed by atoms with E-state index in [1.54, 1.807) is 6.08 Å². The maximum atomic E-state index is 10.5.